The average molecular weight is 685 g/mol. The number of rotatable bonds is 12. The van der Waals surface area contributed by atoms with Crippen molar-refractivity contribution in [1.82, 2.24) is 19.6 Å². The van der Waals surface area contributed by atoms with Crippen LogP contribution in [0, 0.1) is 17.3 Å². The summed E-state index contributed by atoms with van der Waals surface area (Å²) in [5.41, 5.74) is -2.43. The van der Waals surface area contributed by atoms with Gasteiger partial charge in [-0.3, -0.25) is 19.3 Å². The first-order chi connectivity index (χ1) is 22.3. The summed E-state index contributed by atoms with van der Waals surface area (Å²) in [6, 6.07) is -0.360. The Balaban J connectivity index is 2.40. The van der Waals surface area contributed by atoms with Crippen molar-refractivity contribution >= 4 is 17.7 Å². The van der Waals surface area contributed by atoms with Crippen LogP contribution in [0.15, 0.2) is 0 Å². The first-order valence-electron chi connectivity index (χ1n) is 17.8. The van der Waals surface area contributed by atoms with Crippen LogP contribution in [0.5, 0.6) is 0 Å². The Morgan fingerprint density at radius 2 is 1.73 bits per heavy atom. The van der Waals surface area contributed by atoms with Gasteiger partial charge < -0.3 is 38.8 Å². The van der Waals surface area contributed by atoms with Gasteiger partial charge in [-0.1, -0.05) is 13.8 Å². The third-order valence-corrected chi connectivity index (χ3v) is 10.5. The van der Waals surface area contributed by atoms with Crippen molar-refractivity contribution in [2.75, 3.05) is 75.1 Å². The Morgan fingerprint density at radius 1 is 1.08 bits per heavy atom. The standard InChI is InChI=1S/C36H68N4O8/c1-14-40(29(41)16-15-18-37(8)9)19-17-27-23-46-34(44)35(5,6)31(43)26(4)32(36(7,45-13)21-24(2)22-39(27)12)48-33-30(42)28(38(10)11)20-25(3)47-33/h24-28,30,32-33,42H,14-23H2,1-13H3/t24-,25-,26+,27-,28+,30-,32-,33+,36-/m1/s1. The SMILES string of the molecule is CCN(CC[C@@H]1COC(=O)C(C)(C)C(=O)[C@H](C)[C@@H](O[C@@H]2O[C@H](C)C[C@H](N(C)C)[C@H]2O)[C@](C)(OC)C[C@@H](C)CN1C)C(=O)CCCN(C)C. The van der Waals surface area contributed by atoms with E-state index in [0.29, 0.717) is 45.3 Å². The number of nitrogens with zero attached hydrogens (tertiary/aromatic N) is 4. The summed E-state index contributed by atoms with van der Waals surface area (Å²) in [6.07, 6.45) is 0.131. The lowest BCUT2D eigenvalue weighted by atomic mass is 9.74. The van der Waals surface area contributed by atoms with Crippen molar-refractivity contribution in [3.63, 3.8) is 0 Å². The van der Waals surface area contributed by atoms with Crippen LogP contribution in [-0.2, 0) is 33.3 Å². The van der Waals surface area contributed by atoms with E-state index in [9.17, 15) is 19.5 Å². The molecule has 2 saturated heterocycles. The first kappa shape index (κ1) is 42.5. The summed E-state index contributed by atoms with van der Waals surface area (Å²) >= 11 is 0. The molecule has 0 saturated carbocycles. The monoisotopic (exact) mass is 685 g/mol. The molecule has 2 heterocycles. The molecule has 2 rings (SSSR count). The smallest absolute Gasteiger partial charge is 0.319 e. The van der Waals surface area contributed by atoms with E-state index in [1.807, 2.05) is 65.8 Å². The molecule has 0 bridgehead atoms. The van der Waals surface area contributed by atoms with Gasteiger partial charge in [0, 0.05) is 51.2 Å². The zero-order valence-corrected chi connectivity index (χ0v) is 32.3. The van der Waals surface area contributed by atoms with Crippen LogP contribution in [-0.4, -0.2) is 160 Å². The third kappa shape index (κ3) is 11.2. The number of ether oxygens (including phenoxy) is 4. The Labute approximate surface area is 290 Å². The molecule has 12 nitrogen and oxygen atoms in total. The largest absolute Gasteiger partial charge is 0.463 e. The van der Waals surface area contributed by atoms with E-state index in [4.69, 9.17) is 18.9 Å². The molecule has 48 heavy (non-hydrogen) atoms. The van der Waals surface area contributed by atoms with E-state index < -0.39 is 41.4 Å². The van der Waals surface area contributed by atoms with Crippen molar-refractivity contribution in [2.45, 2.75) is 123 Å². The number of carbonyl (C=O) groups is 3. The number of methoxy groups -OCH3 is 1. The van der Waals surface area contributed by atoms with Gasteiger partial charge in [-0.15, -0.1) is 0 Å². The molecule has 0 unspecified atom stereocenters. The Hall–Kier alpha value is -1.67. The number of esters is 1. The maximum atomic E-state index is 14.2. The molecule has 2 aliphatic rings. The lowest BCUT2D eigenvalue weighted by Crippen LogP contribution is -2.59. The molecule has 280 valence electrons. The van der Waals surface area contributed by atoms with E-state index in [2.05, 4.69) is 16.7 Å². The second-order valence-electron chi connectivity index (χ2n) is 15.6. The number of carbonyl (C=O) groups excluding carboxylic acids is 3. The normalized spacial score (nSPS) is 34.3. The molecular formula is C36H68N4O8. The lowest BCUT2D eigenvalue weighted by Gasteiger charge is -2.47. The number of Topliss-reactive ketones (excluding diaryl/α,β-unsaturated/α-hetero) is 1. The molecular weight excluding hydrogens is 616 g/mol. The maximum Gasteiger partial charge on any atom is 0.319 e. The highest BCUT2D eigenvalue weighted by Crippen LogP contribution is 2.38. The number of hydrogen-bond acceptors (Lipinski definition) is 11. The summed E-state index contributed by atoms with van der Waals surface area (Å²) in [6.45, 7) is 15.7. The van der Waals surface area contributed by atoms with Gasteiger partial charge in [-0.2, -0.15) is 0 Å². The van der Waals surface area contributed by atoms with Crippen LogP contribution in [0.4, 0.5) is 0 Å². The Morgan fingerprint density at radius 3 is 2.29 bits per heavy atom. The van der Waals surface area contributed by atoms with Crippen LogP contribution in [0.2, 0.25) is 0 Å². The predicted molar refractivity (Wildman–Crippen MR) is 186 cm³/mol. The van der Waals surface area contributed by atoms with E-state index in [-0.39, 0.29) is 42.4 Å². The van der Waals surface area contributed by atoms with Gasteiger partial charge in [0.2, 0.25) is 5.91 Å². The summed E-state index contributed by atoms with van der Waals surface area (Å²) in [5.74, 6) is -1.52. The predicted octanol–water partition coefficient (Wildman–Crippen LogP) is 2.90. The number of ketones is 1. The van der Waals surface area contributed by atoms with Crippen molar-refractivity contribution in [3.8, 4) is 0 Å². The molecule has 0 spiro atoms. The fraction of sp³-hybridized carbons (Fsp3) is 0.917. The van der Waals surface area contributed by atoms with Crippen LogP contribution < -0.4 is 0 Å². The zero-order valence-electron chi connectivity index (χ0n) is 32.3. The lowest BCUT2D eigenvalue weighted by molar-refractivity contribution is -0.295. The average Bonchev–Trinajstić information content (AvgIpc) is 3.00. The fourth-order valence-corrected chi connectivity index (χ4v) is 7.36. The van der Waals surface area contributed by atoms with E-state index in [1.165, 1.54) is 0 Å². The van der Waals surface area contributed by atoms with Gasteiger partial charge in [0.1, 0.15) is 18.1 Å². The van der Waals surface area contributed by atoms with Crippen LogP contribution >= 0.6 is 0 Å². The van der Waals surface area contributed by atoms with Gasteiger partial charge in [0.25, 0.3) is 0 Å². The number of cyclic esters (lactones) is 1. The molecule has 0 aromatic heterocycles. The second kappa shape index (κ2) is 18.5. The minimum Gasteiger partial charge on any atom is -0.463 e. The van der Waals surface area contributed by atoms with Gasteiger partial charge in [-0.05, 0) is 108 Å². The van der Waals surface area contributed by atoms with Crippen LogP contribution in [0.1, 0.15) is 80.6 Å². The highest BCUT2D eigenvalue weighted by Gasteiger charge is 2.51. The zero-order chi connectivity index (χ0) is 36.6. The summed E-state index contributed by atoms with van der Waals surface area (Å²) in [7, 11) is 11.5. The Bertz CT molecular complexity index is 1040. The maximum absolute atomic E-state index is 14.2. The molecule has 2 fully saturated rings. The van der Waals surface area contributed by atoms with Gasteiger partial charge in [-0.25, -0.2) is 0 Å². The topological polar surface area (TPSA) is 121 Å². The van der Waals surface area contributed by atoms with Crippen molar-refractivity contribution in [1.29, 1.82) is 0 Å². The van der Waals surface area contributed by atoms with Crippen molar-refractivity contribution < 1.29 is 38.4 Å². The molecule has 0 aromatic carbocycles. The minimum atomic E-state index is -1.47. The molecule has 1 amide bonds. The summed E-state index contributed by atoms with van der Waals surface area (Å²) in [5, 5.41) is 11.3. The van der Waals surface area contributed by atoms with Crippen LogP contribution in [0.25, 0.3) is 0 Å². The third-order valence-electron chi connectivity index (χ3n) is 10.5. The van der Waals surface area contributed by atoms with E-state index in [0.717, 1.165) is 13.0 Å². The molecule has 0 radical (unpaired) electrons. The highest BCUT2D eigenvalue weighted by molar-refractivity contribution is 6.04. The quantitative estimate of drug-likeness (QED) is 0.241. The van der Waals surface area contributed by atoms with Gasteiger partial charge in [0.15, 0.2) is 12.1 Å². The van der Waals surface area contributed by atoms with Crippen molar-refractivity contribution in [3.05, 3.63) is 0 Å². The van der Waals surface area contributed by atoms with E-state index >= 15 is 0 Å². The summed E-state index contributed by atoms with van der Waals surface area (Å²) < 4.78 is 24.9. The molecule has 0 aromatic rings. The Kier molecular flexibility index (Phi) is 16.4. The van der Waals surface area contributed by atoms with Crippen LogP contribution in [0.3, 0.4) is 0 Å². The van der Waals surface area contributed by atoms with E-state index in [1.54, 1.807) is 27.9 Å². The number of amides is 1. The minimum absolute atomic E-state index is 0.0842. The number of aliphatic hydroxyl groups is 1. The fourth-order valence-electron chi connectivity index (χ4n) is 7.36. The molecule has 0 aliphatic carbocycles. The molecule has 2 aliphatic heterocycles. The first-order valence-corrected chi connectivity index (χ1v) is 17.8. The second-order valence-corrected chi connectivity index (χ2v) is 15.6. The highest BCUT2D eigenvalue weighted by atomic mass is 16.7. The molecule has 1 N–H and O–H groups in total. The number of likely N-dealkylation sites (N-methyl/N-ethyl adjacent to an activating group) is 2. The van der Waals surface area contributed by atoms with Crippen molar-refractivity contribution in [2.24, 2.45) is 17.3 Å². The van der Waals surface area contributed by atoms with Gasteiger partial charge in [0.05, 0.1) is 17.8 Å². The number of hydrogen-bond donors (Lipinski definition) is 1. The molecule has 12 heteroatoms. The molecule has 9 atom stereocenters. The summed E-state index contributed by atoms with van der Waals surface area (Å²) in [4.78, 5) is 49.0. The van der Waals surface area contributed by atoms with Gasteiger partial charge >= 0.3 is 5.97 Å². The number of aliphatic hydroxyl groups excluding tert-OH is 1.